The van der Waals surface area contributed by atoms with E-state index in [9.17, 15) is 5.11 Å². The third-order valence-corrected chi connectivity index (χ3v) is 2.50. The molecule has 1 aromatic carbocycles. The molecule has 16 heavy (non-hydrogen) atoms. The van der Waals surface area contributed by atoms with Crippen LogP contribution in [-0.4, -0.2) is 23.4 Å². The quantitative estimate of drug-likeness (QED) is 0.778. The summed E-state index contributed by atoms with van der Waals surface area (Å²) in [5.41, 5.74) is 0.815. The molecule has 0 aliphatic heterocycles. The molecule has 3 heteroatoms. The van der Waals surface area contributed by atoms with Gasteiger partial charge in [0.1, 0.15) is 5.75 Å². The lowest BCUT2D eigenvalue weighted by Gasteiger charge is -2.16. The number of aliphatic hydroxyl groups excluding tert-OH is 2. The first-order valence-electron chi connectivity index (χ1n) is 5.69. The van der Waals surface area contributed by atoms with Crippen LogP contribution in [0, 0.1) is 5.92 Å². The molecule has 1 rings (SSSR count). The minimum absolute atomic E-state index is 0.104. The Morgan fingerprint density at radius 2 is 2.00 bits per heavy atom. The molecular weight excluding hydrogens is 204 g/mol. The maximum Gasteiger partial charge on any atom is 0.125 e. The average Bonchev–Trinajstić information content (AvgIpc) is 2.35. The second-order valence-electron chi connectivity index (χ2n) is 4.06. The van der Waals surface area contributed by atoms with Gasteiger partial charge in [-0.1, -0.05) is 32.0 Å². The zero-order valence-electron chi connectivity index (χ0n) is 9.89. The van der Waals surface area contributed by atoms with Gasteiger partial charge in [0.25, 0.3) is 0 Å². The molecule has 0 saturated carbocycles. The molecule has 0 fully saturated rings. The largest absolute Gasteiger partial charge is 0.493 e. The van der Waals surface area contributed by atoms with Crippen molar-refractivity contribution >= 4 is 0 Å². The fourth-order valence-corrected chi connectivity index (χ4v) is 1.39. The number of aliphatic hydroxyl groups is 2. The third kappa shape index (κ3) is 3.51. The lowest BCUT2D eigenvalue weighted by molar-refractivity contribution is 0.153. The van der Waals surface area contributed by atoms with Crippen molar-refractivity contribution in [3.05, 3.63) is 29.8 Å². The molecule has 0 aliphatic carbocycles. The van der Waals surface area contributed by atoms with Crippen LogP contribution in [0.15, 0.2) is 24.3 Å². The predicted molar refractivity (Wildman–Crippen MR) is 63.4 cm³/mol. The number of para-hydroxylation sites is 1. The summed E-state index contributed by atoms with van der Waals surface area (Å²) in [6, 6.07) is 7.48. The highest BCUT2D eigenvalue weighted by molar-refractivity contribution is 5.34. The lowest BCUT2D eigenvalue weighted by Crippen LogP contribution is -2.13. The van der Waals surface area contributed by atoms with Crippen LogP contribution in [0.4, 0.5) is 0 Å². The summed E-state index contributed by atoms with van der Waals surface area (Å²) in [5, 5.41) is 18.7. The number of rotatable bonds is 6. The van der Waals surface area contributed by atoms with E-state index in [1.54, 1.807) is 0 Å². The molecule has 0 heterocycles. The van der Waals surface area contributed by atoms with Gasteiger partial charge in [0.05, 0.1) is 12.7 Å². The van der Waals surface area contributed by atoms with Gasteiger partial charge in [-0.05, 0) is 12.5 Å². The second-order valence-corrected chi connectivity index (χ2v) is 4.06. The van der Waals surface area contributed by atoms with Crippen LogP contribution in [-0.2, 0) is 0 Å². The normalized spacial score (nSPS) is 14.5. The predicted octanol–water partition coefficient (Wildman–Crippen LogP) is 2.14. The molecule has 1 unspecified atom stereocenters. The van der Waals surface area contributed by atoms with Crippen LogP contribution < -0.4 is 4.74 Å². The maximum atomic E-state index is 9.80. The monoisotopic (exact) mass is 224 g/mol. The van der Waals surface area contributed by atoms with Crippen molar-refractivity contribution < 1.29 is 14.9 Å². The van der Waals surface area contributed by atoms with Crippen molar-refractivity contribution in [2.24, 2.45) is 5.92 Å². The lowest BCUT2D eigenvalue weighted by atomic mass is 10.1. The van der Waals surface area contributed by atoms with Crippen molar-refractivity contribution in [2.45, 2.75) is 26.4 Å². The van der Waals surface area contributed by atoms with Crippen LogP contribution in [0.2, 0.25) is 0 Å². The van der Waals surface area contributed by atoms with E-state index in [1.165, 1.54) is 0 Å². The SMILES string of the molecule is CC[C@H](O)c1ccccc1OCC(C)CO. The molecule has 0 spiro atoms. The first-order valence-corrected chi connectivity index (χ1v) is 5.69. The third-order valence-electron chi connectivity index (χ3n) is 2.50. The Labute approximate surface area is 96.7 Å². The molecule has 2 N–H and O–H groups in total. The summed E-state index contributed by atoms with van der Waals surface area (Å²) in [7, 11) is 0. The average molecular weight is 224 g/mol. The van der Waals surface area contributed by atoms with Crippen molar-refractivity contribution in [1.82, 2.24) is 0 Å². The summed E-state index contributed by atoms with van der Waals surface area (Å²) in [6.07, 6.45) is 0.177. The molecule has 2 atom stereocenters. The van der Waals surface area contributed by atoms with E-state index < -0.39 is 6.10 Å². The van der Waals surface area contributed by atoms with E-state index >= 15 is 0 Å². The van der Waals surface area contributed by atoms with Crippen molar-refractivity contribution in [3.63, 3.8) is 0 Å². The van der Waals surface area contributed by atoms with Crippen LogP contribution in [0.5, 0.6) is 5.75 Å². The standard InChI is InChI=1S/C13H20O3/c1-3-12(15)11-6-4-5-7-13(11)16-9-10(2)8-14/h4-7,10,12,14-15H,3,8-9H2,1-2H3/t10?,12-/m0/s1. The Kier molecular flexibility index (Phi) is 5.29. The molecular formula is C13H20O3. The minimum Gasteiger partial charge on any atom is -0.493 e. The summed E-state index contributed by atoms with van der Waals surface area (Å²) >= 11 is 0. The van der Waals surface area contributed by atoms with Crippen LogP contribution in [0.25, 0.3) is 0 Å². The van der Waals surface area contributed by atoms with Crippen molar-refractivity contribution in [3.8, 4) is 5.75 Å². The van der Waals surface area contributed by atoms with Gasteiger partial charge in [-0.2, -0.15) is 0 Å². The molecule has 90 valence electrons. The summed E-state index contributed by atoms with van der Waals surface area (Å²) in [4.78, 5) is 0. The van der Waals surface area contributed by atoms with Crippen molar-refractivity contribution in [1.29, 1.82) is 0 Å². The topological polar surface area (TPSA) is 49.7 Å². The van der Waals surface area contributed by atoms with Gasteiger partial charge >= 0.3 is 0 Å². The Morgan fingerprint density at radius 1 is 1.31 bits per heavy atom. The van der Waals surface area contributed by atoms with E-state index in [0.29, 0.717) is 18.8 Å². The van der Waals surface area contributed by atoms with Crippen LogP contribution >= 0.6 is 0 Å². The molecule has 0 radical (unpaired) electrons. The fourth-order valence-electron chi connectivity index (χ4n) is 1.39. The maximum absolute atomic E-state index is 9.80. The zero-order valence-corrected chi connectivity index (χ0v) is 9.89. The Hall–Kier alpha value is -1.06. The highest BCUT2D eigenvalue weighted by atomic mass is 16.5. The van der Waals surface area contributed by atoms with Gasteiger partial charge in [-0.3, -0.25) is 0 Å². The van der Waals surface area contributed by atoms with E-state index in [0.717, 1.165) is 5.56 Å². The van der Waals surface area contributed by atoms with E-state index in [2.05, 4.69) is 0 Å². The van der Waals surface area contributed by atoms with Crippen LogP contribution in [0.3, 0.4) is 0 Å². The number of hydrogen-bond donors (Lipinski definition) is 2. The molecule has 0 amide bonds. The van der Waals surface area contributed by atoms with Gasteiger partial charge in [0.2, 0.25) is 0 Å². The first kappa shape index (κ1) is 13.0. The molecule has 0 aliphatic rings. The smallest absolute Gasteiger partial charge is 0.125 e. The highest BCUT2D eigenvalue weighted by Gasteiger charge is 2.11. The molecule has 3 nitrogen and oxygen atoms in total. The number of benzene rings is 1. The highest BCUT2D eigenvalue weighted by Crippen LogP contribution is 2.27. The Morgan fingerprint density at radius 3 is 2.62 bits per heavy atom. The van der Waals surface area contributed by atoms with Crippen molar-refractivity contribution in [2.75, 3.05) is 13.2 Å². The van der Waals surface area contributed by atoms with Gasteiger partial charge in [0.15, 0.2) is 0 Å². The van der Waals surface area contributed by atoms with Gasteiger partial charge in [0, 0.05) is 18.1 Å². The van der Waals surface area contributed by atoms with Crippen LogP contribution in [0.1, 0.15) is 31.9 Å². The Balaban J connectivity index is 2.71. The summed E-state index contributed by atoms with van der Waals surface area (Å²) in [6.45, 7) is 4.42. The number of ether oxygens (including phenoxy) is 1. The van der Waals surface area contributed by atoms with Gasteiger partial charge < -0.3 is 14.9 Å². The van der Waals surface area contributed by atoms with Gasteiger partial charge in [-0.25, -0.2) is 0 Å². The van der Waals surface area contributed by atoms with E-state index in [1.807, 2.05) is 38.1 Å². The fraction of sp³-hybridized carbons (Fsp3) is 0.538. The number of hydrogen-bond acceptors (Lipinski definition) is 3. The summed E-state index contributed by atoms with van der Waals surface area (Å²) < 4.78 is 5.59. The zero-order chi connectivity index (χ0) is 12.0. The Bertz CT molecular complexity index is 312. The van der Waals surface area contributed by atoms with E-state index in [-0.39, 0.29) is 12.5 Å². The molecule has 1 aromatic rings. The first-order chi connectivity index (χ1) is 7.69. The second kappa shape index (κ2) is 6.51. The molecule has 0 aromatic heterocycles. The minimum atomic E-state index is -0.486. The summed E-state index contributed by atoms with van der Waals surface area (Å²) in [5.74, 6) is 0.809. The van der Waals surface area contributed by atoms with E-state index in [4.69, 9.17) is 9.84 Å². The molecule has 0 saturated heterocycles. The molecule has 0 bridgehead atoms. The van der Waals surface area contributed by atoms with Gasteiger partial charge in [-0.15, -0.1) is 0 Å².